The summed E-state index contributed by atoms with van der Waals surface area (Å²) in [6.07, 6.45) is 3.67. The molecular formula is C18H30N2O. The van der Waals surface area contributed by atoms with Crippen molar-refractivity contribution in [2.45, 2.75) is 39.2 Å². The molecular weight excluding hydrogens is 260 g/mol. The van der Waals surface area contributed by atoms with Crippen LogP contribution in [0.2, 0.25) is 0 Å². The van der Waals surface area contributed by atoms with E-state index in [-0.39, 0.29) is 0 Å². The number of hydrogen-bond acceptors (Lipinski definition) is 3. The van der Waals surface area contributed by atoms with Gasteiger partial charge in [-0.15, -0.1) is 0 Å². The molecule has 0 saturated carbocycles. The second kappa shape index (κ2) is 8.40. The first kappa shape index (κ1) is 16.3. The lowest BCUT2D eigenvalue weighted by atomic mass is 10.0. The van der Waals surface area contributed by atoms with E-state index in [9.17, 15) is 0 Å². The molecule has 118 valence electrons. The van der Waals surface area contributed by atoms with Crippen molar-refractivity contribution < 1.29 is 4.74 Å². The van der Waals surface area contributed by atoms with E-state index in [0.717, 1.165) is 24.6 Å². The van der Waals surface area contributed by atoms with Gasteiger partial charge in [-0.1, -0.05) is 26.0 Å². The second-order valence-electron chi connectivity index (χ2n) is 6.52. The molecule has 1 aromatic carbocycles. The molecule has 0 aromatic heterocycles. The van der Waals surface area contributed by atoms with E-state index in [1.165, 1.54) is 38.0 Å². The normalized spacial score (nSPS) is 17.3. The molecule has 1 fully saturated rings. The fourth-order valence-corrected chi connectivity index (χ4v) is 3.05. The van der Waals surface area contributed by atoms with E-state index >= 15 is 0 Å². The summed E-state index contributed by atoms with van der Waals surface area (Å²) in [5.41, 5.74) is 1.38. The van der Waals surface area contributed by atoms with Crippen molar-refractivity contribution >= 4 is 0 Å². The molecule has 3 nitrogen and oxygen atoms in total. The fourth-order valence-electron chi connectivity index (χ4n) is 3.05. The maximum atomic E-state index is 5.19. The molecule has 0 unspecified atom stereocenters. The largest absolute Gasteiger partial charge is 0.497 e. The van der Waals surface area contributed by atoms with E-state index in [2.05, 4.69) is 36.2 Å². The van der Waals surface area contributed by atoms with E-state index < -0.39 is 0 Å². The van der Waals surface area contributed by atoms with Crippen LogP contribution in [0.5, 0.6) is 5.75 Å². The summed E-state index contributed by atoms with van der Waals surface area (Å²) in [6, 6.07) is 9.10. The van der Waals surface area contributed by atoms with Gasteiger partial charge in [0.05, 0.1) is 7.11 Å². The Kier molecular flexibility index (Phi) is 6.52. The minimum absolute atomic E-state index is 0.701. The first-order valence-corrected chi connectivity index (χ1v) is 8.26. The lowest BCUT2D eigenvalue weighted by molar-refractivity contribution is 0.180. The van der Waals surface area contributed by atoms with Crippen LogP contribution in [0.3, 0.4) is 0 Å². The Morgan fingerprint density at radius 3 is 2.43 bits per heavy atom. The number of nitrogens with zero attached hydrogens (tertiary/aromatic N) is 1. The third kappa shape index (κ3) is 5.68. The molecule has 0 bridgehead atoms. The van der Waals surface area contributed by atoms with Gasteiger partial charge in [0.2, 0.25) is 0 Å². The lowest BCUT2D eigenvalue weighted by Crippen LogP contribution is -2.44. The van der Waals surface area contributed by atoms with Crippen LogP contribution in [-0.2, 0) is 6.42 Å². The number of rotatable bonds is 7. The molecule has 2 rings (SSSR count). The summed E-state index contributed by atoms with van der Waals surface area (Å²) in [5, 5.41) is 3.71. The highest BCUT2D eigenvalue weighted by atomic mass is 16.5. The number of benzene rings is 1. The summed E-state index contributed by atoms with van der Waals surface area (Å²) >= 11 is 0. The van der Waals surface area contributed by atoms with Gasteiger partial charge in [0, 0.05) is 12.6 Å². The van der Waals surface area contributed by atoms with E-state index in [4.69, 9.17) is 4.74 Å². The van der Waals surface area contributed by atoms with E-state index in [1.54, 1.807) is 7.11 Å². The molecule has 1 aliphatic heterocycles. The van der Waals surface area contributed by atoms with Crippen LogP contribution < -0.4 is 10.1 Å². The summed E-state index contributed by atoms with van der Waals surface area (Å²) in [5.74, 6) is 1.72. The third-order valence-electron chi connectivity index (χ3n) is 4.22. The van der Waals surface area contributed by atoms with Gasteiger partial charge in [-0.2, -0.15) is 0 Å². The van der Waals surface area contributed by atoms with Crippen LogP contribution in [0, 0.1) is 5.92 Å². The number of ether oxygens (including phenoxy) is 1. The lowest BCUT2D eigenvalue weighted by Gasteiger charge is -2.33. The maximum absolute atomic E-state index is 5.19. The first-order valence-electron chi connectivity index (χ1n) is 8.26. The summed E-state index contributed by atoms with van der Waals surface area (Å²) in [6.45, 7) is 9.43. The average molecular weight is 290 g/mol. The molecule has 1 saturated heterocycles. The third-order valence-corrected chi connectivity index (χ3v) is 4.22. The zero-order valence-corrected chi connectivity index (χ0v) is 13.8. The minimum atomic E-state index is 0.701. The molecule has 3 heteroatoms. The van der Waals surface area contributed by atoms with Crippen molar-refractivity contribution in [2.75, 3.05) is 33.3 Å². The van der Waals surface area contributed by atoms with Crippen LogP contribution in [0.1, 0.15) is 32.3 Å². The van der Waals surface area contributed by atoms with Gasteiger partial charge in [0.15, 0.2) is 0 Å². The minimum Gasteiger partial charge on any atom is -0.497 e. The standard InChI is InChI=1S/C18H30N2O/c1-15(2)14-20-12-9-17(10-13-20)19-11-8-16-4-6-18(21-3)7-5-16/h4-7,15,17,19H,8-14H2,1-3H3. The SMILES string of the molecule is COc1ccc(CCNC2CCN(CC(C)C)CC2)cc1. The number of piperidine rings is 1. The Morgan fingerprint density at radius 2 is 1.86 bits per heavy atom. The molecule has 1 heterocycles. The average Bonchev–Trinajstić information content (AvgIpc) is 2.49. The molecule has 0 radical (unpaired) electrons. The Morgan fingerprint density at radius 1 is 1.19 bits per heavy atom. The summed E-state index contributed by atoms with van der Waals surface area (Å²) in [4.78, 5) is 2.60. The summed E-state index contributed by atoms with van der Waals surface area (Å²) in [7, 11) is 1.71. The molecule has 1 aliphatic rings. The predicted octanol–water partition coefficient (Wildman–Crippen LogP) is 2.95. The van der Waals surface area contributed by atoms with Crippen LogP contribution >= 0.6 is 0 Å². The van der Waals surface area contributed by atoms with Gasteiger partial charge in [-0.05, 0) is 62.5 Å². The highest BCUT2D eigenvalue weighted by molar-refractivity contribution is 5.27. The molecule has 1 aromatic rings. The second-order valence-corrected chi connectivity index (χ2v) is 6.52. The highest BCUT2D eigenvalue weighted by Crippen LogP contribution is 2.13. The number of nitrogens with one attached hydrogen (secondary N) is 1. The van der Waals surface area contributed by atoms with Crippen LogP contribution in [-0.4, -0.2) is 44.2 Å². The molecule has 1 N–H and O–H groups in total. The molecule has 0 atom stereocenters. The van der Waals surface area contributed by atoms with E-state index in [0.29, 0.717) is 6.04 Å². The summed E-state index contributed by atoms with van der Waals surface area (Å²) < 4.78 is 5.19. The Bertz CT molecular complexity index is 394. The topological polar surface area (TPSA) is 24.5 Å². The van der Waals surface area contributed by atoms with Crippen LogP contribution in [0.25, 0.3) is 0 Å². The van der Waals surface area contributed by atoms with Crippen molar-refractivity contribution in [3.8, 4) is 5.75 Å². The van der Waals surface area contributed by atoms with Crippen molar-refractivity contribution in [3.63, 3.8) is 0 Å². The Labute approximate surface area is 129 Å². The highest BCUT2D eigenvalue weighted by Gasteiger charge is 2.18. The van der Waals surface area contributed by atoms with Gasteiger partial charge in [-0.25, -0.2) is 0 Å². The molecule has 0 amide bonds. The van der Waals surface area contributed by atoms with Gasteiger partial charge in [0.1, 0.15) is 5.75 Å². The number of methoxy groups -OCH3 is 1. The Hall–Kier alpha value is -1.06. The van der Waals surface area contributed by atoms with Gasteiger partial charge in [0.25, 0.3) is 0 Å². The van der Waals surface area contributed by atoms with Crippen LogP contribution in [0.15, 0.2) is 24.3 Å². The fraction of sp³-hybridized carbons (Fsp3) is 0.667. The molecule has 0 spiro atoms. The Balaban J connectivity index is 1.63. The van der Waals surface area contributed by atoms with Crippen molar-refractivity contribution in [1.82, 2.24) is 10.2 Å². The van der Waals surface area contributed by atoms with Crippen molar-refractivity contribution in [3.05, 3.63) is 29.8 Å². The van der Waals surface area contributed by atoms with Gasteiger partial charge in [-0.3, -0.25) is 0 Å². The van der Waals surface area contributed by atoms with Crippen LogP contribution in [0.4, 0.5) is 0 Å². The maximum Gasteiger partial charge on any atom is 0.118 e. The van der Waals surface area contributed by atoms with Gasteiger partial charge >= 0.3 is 0 Å². The first-order chi connectivity index (χ1) is 10.2. The van der Waals surface area contributed by atoms with Gasteiger partial charge < -0.3 is 15.0 Å². The number of likely N-dealkylation sites (tertiary alicyclic amines) is 1. The number of hydrogen-bond donors (Lipinski definition) is 1. The predicted molar refractivity (Wildman–Crippen MR) is 89.0 cm³/mol. The van der Waals surface area contributed by atoms with Crippen molar-refractivity contribution in [1.29, 1.82) is 0 Å². The smallest absolute Gasteiger partial charge is 0.118 e. The monoisotopic (exact) mass is 290 g/mol. The van der Waals surface area contributed by atoms with E-state index in [1.807, 2.05) is 12.1 Å². The zero-order valence-electron chi connectivity index (χ0n) is 13.8. The van der Waals surface area contributed by atoms with Crippen molar-refractivity contribution in [2.24, 2.45) is 5.92 Å². The zero-order chi connectivity index (χ0) is 15.1. The molecule has 21 heavy (non-hydrogen) atoms. The quantitative estimate of drug-likeness (QED) is 0.835. The molecule has 0 aliphatic carbocycles.